The van der Waals surface area contributed by atoms with Crippen LogP contribution in [-0.4, -0.2) is 30.4 Å². The van der Waals surface area contributed by atoms with Crippen LogP contribution in [0.2, 0.25) is 0 Å². The van der Waals surface area contributed by atoms with Gasteiger partial charge < -0.3 is 15.4 Å². The minimum atomic E-state index is -5.11. The summed E-state index contributed by atoms with van der Waals surface area (Å²) < 4.78 is 106. The highest BCUT2D eigenvalue weighted by atomic mass is 32.2. The van der Waals surface area contributed by atoms with E-state index in [0.717, 1.165) is 12.1 Å². The van der Waals surface area contributed by atoms with Crippen molar-refractivity contribution in [3.63, 3.8) is 0 Å². The monoisotopic (exact) mass is 572 g/mol. The molecule has 0 saturated heterocycles. The third-order valence-electron chi connectivity index (χ3n) is 6.20. The molecule has 0 fully saturated rings. The second-order valence-corrected chi connectivity index (χ2v) is 10.8. The van der Waals surface area contributed by atoms with Gasteiger partial charge in [-0.15, -0.1) is 0 Å². The molecule has 2 heterocycles. The smallest absolute Gasteiger partial charge is 0.416 e. The van der Waals surface area contributed by atoms with Crippen molar-refractivity contribution in [3.8, 4) is 0 Å². The molecule has 0 atom stereocenters. The number of nitrogens with one attached hydrogen (secondary N) is 2. The molecule has 2 aromatic carbocycles. The van der Waals surface area contributed by atoms with Gasteiger partial charge in [0.15, 0.2) is 9.84 Å². The summed E-state index contributed by atoms with van der Waals surface area (Å²) in [5, 5.41) is 11.9. The lowest BCUT2D eigenvalue weighted by atomic mass is 10.0. The number of carboxylic acid groups (broad SMARTS) is 1. The maximum atomic E-state index is 13.5. The molecule has 39 heavy (non-hydrogen) atoms. The number of benzene rings is 2. The van der Waals surface area contributed by atoms with E-state index in [2.05, 4.69) is 10.3 Å². The normalized spacial score (nSPS) is 15.0. The van der Waals surface area contributed by atoms with Gasteiger partial charge in [-0.3, -0.25) is 4.79 Å². The van der Waals surface area contributed by atoms with E-state index in [0.29, 0.717) is 11.3 Å². The summed E-state index contributed by atoms with van der Waals surface area (Å²) in [6.07, 6.45) is -8.81. The number of anilines is 1. The van der Waals surface area contributed by atoms with E-state index in [9.17, 15) is 49.5 Å². The van der Waals surface area contributed by atoms with E-state index in [4.69, 9.17) is 0 Å². The Morgan fingerprint density at radius 2 is 1.67 bits per heavy atom. The maximum absolute atomic E-state index is 13.5. The Labute approximate surface area is 217 Å². The fourth-order valence-electron chi connectivity index (χ4n) is 4.34. The molecule has 0 spiro atoms. The van der Waals surface area contributed by atoms with Gasteiger partial charge in [-0.25, -0.2) is 13.2 Å². The van der Waals surface area contributed by atoms with Crippen molar-refractivity contribution in [2.45, 2.75) is 36.8 Å². The molecule has 0 radical (unpaired) electrons. The number of aromatic nitrogens is 1. The first-order chi connectivity index (χ1) is 17.9. The average Bonchev–Trinajstić information content (AvgIpc) is 3.26. The number of alkyl halides is 6. The molecular formula is C25H18F6N2O5S. The number of halogens is 6. The Hall–Kier alpha value is -4.07. The highest BCUT2D eigenvalue weighted by Gasteiger charge is 2.38. The zero-order valence-corrected chi connectivity index (χ0v) is 20.8. The van der Waals surface area contributed by atoms with Crippen LogP contribution in [0.3, 0.4) is 0 Å². The summed E-state index contributed by atoms with van der Waals surface area (Å²) in [5.41, 5.74) is -3.00. The highest BCUT2D eigenvalue weighted by molar-refractivity contribution is 7.90. The van der Waals surface area contributed by atoms with Crippen molar-refractivity contribution in [2.75, 3.05) is 5.32 Å². The van der Waals surface area contributed by atoms with Crippen molar-refractivity contribution in [2.24, 2.45) is 0 Å². The third kappa shape index (κ3) is 5.28. The molecule has 0 aliphatic carbocycles. The largest absolute Gasteiger partial charge is 0.478 e. The van der Waals surface area contributed by atoms with E-state index in [1.54, 1.807) is 0 Å². The van der Waals surface area contributed by atoms with Crippen molar-refractivity contribution < 1.29 is 49.5 Å². The first-order valence-electron chi connectivity index (χ1n) is 11.0. The van der Waals surface area contributed by atoms with Gasteiger partial charge in [0.05, 0.1) is 32.9 Å². The molecular weight excluding hydrogens is 554 g/mol. The number of fused-ring (bicyclic) bond motifs is 1. The summed E-state index contributed by atoms with van der Waals surface area (Å²) in [7, 11) is -4.63. The predicted molar refractivity (Wildman–Crippen MR) is 128 cm³/mol. The van der Waals surface area contributed by atoms with Crippen molar-refractivity contribution in [3.05, 3.63) is 81.2 Å². The SMILES string of the molecule is Cc1[nH]c(/C=C2\C(=O)Nc3ccc(S(=O)(=O)Cc4cc(C(F)(F)F)ccc4C(F)(F)F)cc32)c(C)c1C(=O)O. The van der Waals surface area contributed by atoms with Gasteiger partial charge in [0.1, 0.15) is 0 Å². The molecule has 1 aliphatic heterocycles. The molecule has 3 N–H and O–H groups in total. The Balaban J connectivity index is 1.78. The number of aromatic carboxylic acids is 1. The fourth-order valence-corrected chi connectivity index (χ4v) is 5.73. The second-order valence-electron chi connectivity index (χ2n) is 8.81. The van der Waals surface area contributed by atoms with Crippen molar-refractivity contribution >= 4 is 39.1 Å². The topological polar surface area (TPSA) is 116 Å². The molecule has 1 amide bonds. The number of carboxylic acids is 1. The number of rotatable bonds is 5. The van der Waals surface area contributed by atoms with Crippen LogP contribution in [0.25, 0.3) is 11.6 Å². The van der Waals surface area contributed by atoms with Gasteiger partial charge in [0.25, 0.3) is 5.91 Å². The van der Waals surface area contributed by atoms with Crippen LogP contribution in [0.4, 0.5) is 32.0 Å². The number of sulfone groups is 1. The molecule has 3 aromatic rings. The number of aryl methyl sites for hydroxylation is 1. The number of H-pyrrole nitrogens is 1. The minimum absolute atomic E-state index is 0.0154. The third-order valence-corrected chi connectivity index (χ3v) is 7.86. The van der Waals surface area contributed by atoms with Crippen LogP contribution in [0.1, 0.15) is 49.6 Å². The standard InChI is InChI=1S/C25H18F6N2O5S/c1-11-20(32-12(2)21(11)23(35)36)9-17-16-8-15(4-6-19(16)33-22(17)34)39(37,38)10-13-7-14(24(26,27)28)3-5-18(13)25(29,30)31/h3-9,32H,10H2,1-2H3,(H,33,34)(H,35,36)/b17-9-. The van der Waals surface area contributed by atoms with Crippen LogP contribution >= 0.6 is 0 Å². The van der Waals surface area contributed by atoms with Gasteiger partial charge in [-0.2, -0.15) is 26.3 Å². The van der Waals surface area contributed by atoms with Crippen LogP contribution < -0.4 is 5.32 Å². The molecule has 1 aliphatic rings. The Kier molecular flexibility index (Phi) is 6.66. The summed E-state index contributed by atoms with van der Waals surface area (Å²) in [5.74, 6) is -3.24. The average molecular weight is 572 g/mol. The van der Waals surface area contributed by atoms with Gasteiger partial charge in [-0.1, -0.05) is 0 Å². The van der Waals surface area contributed by atoms with E-state index >= 15 is 0 Å². The van der Waals surface area contributed by atoms with Crippen LogP contribution in [-0.2, 0) is 32.7 Å². The molecule has 14 heteroatoms. The molecule has 7 nitrogen and oxygen atoms in total. The van der Waals surface area contributed by atoms with Gasteiger partial charge in [0.2, 0.25) is 0 Å². The molecule has 0 bridgehead atoms. The molecule has 206 valence electrons. The lowest BCUT2D eigenvalue weighted by Gasteiger charge is -2.16. The van der Waals surface area contributed by atoms with Gasteiger partial charge >= 0.3 is 18.3 Å². The molecule has 1 aromatic heterocycles. The van der Waals surface area contributed by atoms with E-state index in [1.807, 2.05) is 0 Å². The summed E-state index contributed by atoms with van der Waals surface area (Å²) in [4.78, 5) is 26.4. The number of carbonyl (C=O) groups is 2. The number of aromatic amines is 1. The number of hydrogen-bond donors (Lipinski definition) is 3. The first-order valence-corrected chi connectivity index (χ1v) is 12.7. The lowest BCUT2D eigenvalue weighted by Crippen LogP contribution is -2.15. The Morgan fingerprint density at radius 1 is 1.00 bits per heavy atom. The van der Waals surface area contributed by atoms with Crippen molar-refractivity contribution in [1.82, 2.24) is 4.98 Å². The summed E-state index contributed by atoms with van der Waals surface area (Å²) in [6, 6.07) is 3.81. The molecule has 0 unspecified atom stereocenters. The van der Waals surface area contributed by atoms with Crippen LogP contribution in [0, 0.1) is 13.8 Å². The Bertz CT molecular complexity index is 1670. The van der Waals surface area contributed by atoms with Crippen molar-refractivity contribution in [1.29, 1.82) is 0 Å². The predicted octanol–water partition coefficient (Wildman–Crippen LogP) is 5.83. The number of hydrogen-bond acceptors (Lipinski definition) is 4. The van der Waals surface area contributed by atoms with Gasteiger partial charge in [0, 0.05) is 22.6 Å². The minimum Gasteiger partial charge on any atom is -0.478 e. The maximum Gasteiger partial charge on any atom is 0.416 e. The summed E-state index contributed by atoms with van der Waals surface area (Å²) >= 11 is 0. The number of amides is 1. The van der Waals surface area contributed by atoms with Crippen LogP contribution in [0.5, 0.6) is 0 Å². The first kappa shape index (κ1) is 28.0. The number of carbonyl (C=O) groups excluding carboxylic acids is 1. The highest BCUT2D eigenvalue weighted by Crippen LogP contribution is 2.39. The van der Waals surface area contributed by atoms with E-state index in [1.165, 1.54) is 26.0 Å². The van der Waals surface area contributed by atoms with E-state index in [-0.39, 0.29) is 46.3 Å². The van der Waals surface area contributed by atoms with Crippen LogP contribution in [0.15, 0.2) is 41.3 Å². The molecule has 4 rings (SSSR count). The second kappa shape index (κ2) is 9.29. The quantitative estimate of drug-likeness (QED) is 0.263. The zero-order valence-electron chi connectivity index (χ0n) is 20.0. The fraction of sp³-hybridized carbons (Fsp3) is 0.200. The Morgan fingerprint density at radius 3 is 2.23 bits per heavy atom. The summed E-state index contributed by atoms with van der Waals surface area (Å²) in [6.45, 7) is 3.01. The molecule has 0 saturated carbocycles. The lowest BCUT2D eigenvalue weighted by molar-refractivity contribution is -0.141. The zero-order chi connectivity index (χ0) is 29.1. The van der Waals surface area contributed by atoms with Gasteiger partial charge in [-0.05, 0) is 67.4 Å². The van der Waals surface area contributed by atoms with E-state index < -0.39 is 61.4 Å².